The van der Waals surface area contributed by atoms with Gasteiger partial charge in [-0.15, -0.1) is 10.2 Å². The molecule has 2 aliphatic heterocycles. The third kappa shape index (κ3) is 3.01. The number of anilines is 1. The van der Waals surface area contributed by atoms with Crippen LogP contribution in [-0.4, -0.2) is 60.0 Å². The Balaban J connectivity index is 1.42. The van der Waals surface area contributed by atoms with Gasteiger partial charge in [0.2, 0.25) is 5.13 Å². The summed E-state index contributed by atoms with van der Waals surface area (Å²) < 4.78 is 5.89. The number of morpholine rings is 1. The second kappa shape index (κ2) is 6.06. The molecule has 5 nitrogen and oxygen atoms in total. The lowest BCUT2D eigenvalue weighted by molar-refractivity contribution is -0.0603. The normalized spacial score (nSPS) is 29.9. The molecule has 1 aromatic rings. The monoisotopic (exact) mass is 322 g/mol. The largest absolute Gasteiger partial charge is 0.378 e. The van der Waals surface area contributed by atoms with Gasteiger partial charge < -0.3 is 9.64 Å². The molecule has 6 heteroatoms. The summed E-state index contributed by atoms with van der Waals surface area (Å²) in [5.41, 5.74) is 0. The summed E-state index contributed by atoms with van der Waals surface area (Å²) in [6, 6.07) is 1.21. The van der Waals surface area contributed by atoms with Gasteiger partial charge in [-0.1, -0.05) is 25.2 Å². The van der Waals surface area contributed by atoms with Gasteiger partial charge in [-0.25, -0.2) is 0 Å². The average molecular weight is 322 g/mol. The van der Waals surface area contributed by atoms with Gasteiger partial charge in [0.05, 0.1) is 19.3 Å². The molecular weight excluding hydrogens is 296 g/mol. The summed E-state index contributed by atoms with van der Waals surface area (Å²) in [6.07, 6.45) is 3.83. The van der Waals surface area contributed by atoms with Crippen LogP contribution in [-0.2, 0) is 11.2 Å². The van der Waals surface area contributed by atoms with Crippen LogP contribution in [0.4, 0.5) is 5.13 Å². The Labute approximate surface area is 136 Å². The second-order valence-electron chi connectivity index (χ2n) is 7.36. The van der Waals surface area contributed by atoms with E-state index >= 15 is 0 Å². The van der Waals surface area contributed by atoms with E-state index in [0.717, 1.165) is 50.3 Å². The quantitative estimate of drug-likeness (QED) is 0.848. The first-order valence-electron chi connectivity index (χ1n) is 8.61. The maximum absolute atomic E-state index is 5.89. The highest BCUT2D eigenvalue weighted by atomic mass is 32.1. The lowest BCUT2D eigenvalue weighted by atomic mass is 10.0. The van der Waals surface area contributed by atoms with Crippen molar-refractivity contribution in [1.29, 1.82) is 0 Å². The number of hydrogen-bond acceptors (Lipinski definition) is 6. The van der Waals surface area contributed by atoms with Crippen molar-refractivity contribution in [2.75, 3.05) is 37.7 Å². The van der Waals surface area contributed by atoms with Crippen molar-refractivity contribution in [3.63, 3.8) is 0 Å². The third-order valence-corrected chi connectivity index (χ3v) is 6.04. The lowest BCUT2D eigenvalue weighted by Crippen LogP contribution is -2.62. The number of hydrogen-bond donors (Lipinski definition) is 0. The molecule has 0 spiro atoms. The number of ether oxygens (including phenoxy) is 1. The summed E-state index contributed by atoms with van der Waals surface area (Å²) in [5.74, 6) is 1.54. The van der Waals surface area contributed by atoms with Crippen molar-refractivity contribution in [3.05, 3.63) is 5.01 Å². The minimum atomic E-state index is 0.533. The van der Waals surface area contributed by atoms with Crippen LogP contribution in [0.1, 0.15) is 31.7 Å². The summed E-state index contributed by atoms with van der Waals surface area (Å²) in [6.45, 7) is 9.55. The Bertz CT molecular complexity index is 516. The van der Waals surface area contributed by atoms with E-state index in [1.54, 1.807) is 11.3 Å². The van der Waals surface area contributed by atoms with E-state index in [2.05, 4.69) is 33.8 Å². The van der Waals surface area contributed by atoms with Crippen LogP contribution >= 0.6 is 11.3 Å². The number of piperazine rings is 1. The van der Waals surface area contributed by atoms with Gasteiger partial charge in [0, 0.05) is 32.1 Å². The van der Waals surface area contributed by atoms with Crippen molar-refractivity contribution < 1.29 is 4.74 Å². The van der Waals surface area contributed by atoms with Gasteiger partial charge in [0.15, 0.2) is 0 Å². The predicted molar refractivity (Wildman–Crippen MR) is 88.5 cm³/mol. The molecule has 4 rings (SSSR count). The molecule has 1 aliphatic carbocycles. The van der Waals surface area contributed by atoms with E-state index in [0.29, 0.717) is 18.0 Å². The number of aromatic nitrogens is 2. The van der Waals surface area contributed by atoms with Crippen molar-refractivity contribution >= 4 is 16.5 Å². The molecule has 0 bridgehead atoms. The van der Waals surface area contributed by atoms with Gasteiger partial charge in [-0.05, 0) is 24.7 Å². The minimum absolute atomic E-state index is 0.533. The van der Waals surface area contributed by atoms with Crippen molar-refractivity contribution in [1.82, 2.24) is 15.1 Å². The van der Waals surface area contributed by atoms with E-state index in [1.807, 2.05) is 0 Å². The number of rotatable bonds is 4. The predicted octanol–water partition coefficient (Wildman–Crippen LogP) is 2.04. The summed E-state index contributed by atoms with van der Waals surface area (Å²) in [4.78, 5) is 5.13. The van der Waals surface area contributed by atoms with Crippen molar-refractivity contribution in [3.8, 4) is 0 Å². The van der Waals surface area contributed by atoms with Crippen LogP contribution in [0.25, 0.3) is 0 Å². The summed E-state index contributed by atoms with van der Waals surface area (Å²) in [7, 11) is 0. The van der Waals surface area contributed by atoms with E-state index < -0.39 is 0 Å². The van der Waals surface area contributed by atoms with Crippen molar-refractivity contribution in [2.24, 2.45) is 11.8 Å². The van der Waals surface area contributed by atoms with Crippen LogP contribution in [0.3, 0.4) is 0 Å². The van der Waals surface area contributed by atoms with Crippen LogP contribution in [0.2, 0.25) is 0 Å². The van der Waals surface area contributed by atoms with E-state index in [1.165, 1.54) is 17.8 Å². The topological polar surface area (TPSA) is 41.5 Å². The zero-order valence-electron chi connectivity index (χ0n) is 13.6. The van der Waals surface area contributed by atoms with Crippen LogP contribution in [0.5, 0.6) is 0 Å². The van der Waals surface area contributed by atoms with Crippen molar-refractivity contribution in [2.45, 2.75) is 45.2 Å². The fraction of sp³-hybridized carbons (Fsp3) is 0.875. The molecule has 3 fully saturated rings. The van der Waals surface area contributed by atoms with Gasteiger partial charge in [0.1, 0.15) is 5.01 Å². The SMILES string of the molecule is CC(C)Cc1nnc(N2CCN3[C@@H](COC[C@@H]3C3CC3)C2)s1. The van der Waals surface area contributed by atoms with Gasteiger partial charge in [-0.2, -0.15) is 0 Å². The number of nitrogens with zero attached hydrogens (tertiary/aromatic N) is 4. The van der Waals surface area contributed by atoms with E-state index in [4.69, 9.17) is 4.74 Å². The first kappa shape index (κ1) is 14.8. The van der Waals surface area contributed by atoms with Gasteiger partial charge in [-0.3, -0.25) is 4.90 Å². The molecule has 0 unspecified atom stereocenters. The maximum atomic E-state index is 5.89. The molecule has 1 saturated carbocycles. The maximum Gasteiger partial charge on any atom is 0.208 e. The fourth-order valence-electron chi connectivity index (χ4n) is 3.74. The highest BCUT2D eigenvalue weighted by Gasteiger charge is 2.43. The molecule has 2 atom stereocenters. The van der Waals surface area contributed by atoms with Crippen LogP contribution < -0.4 is 4.90 Å². The minimum Gasteiger partial charge on any atom is -0.378 e. The Kier molecular flexibility index (Phi) is 4.09. The summed E-state index contributed by atoms with van der Waals surface area (Å²) in [5, 5.41) is 11.1. The molecule has 2 saturated heterocycles. The van der Waals surface area contributed by atoms with Crippen LogP contribution in [0.15, 0.2) is 0 Å². The zero-order valence-corrected chi connectivity index (χ0v) is 14.4. The fourth-order valence-corrected chi connectivity index (χ4v) is 4.83. The third-order valence-electron chi connectivity index (χ3n) is 5.03. The highest BCUT2D eigenvalue weighted by molar-refractivity contribution is 7.15. The molecule has 0 aromatic carbocycles. The molecule has 22 heavy (non-hydrogen) atoms. The number of fused-ring (bicyclic) bond motifs is 1. The van der Waals surface area contributed by atoms with Gasteiger partial charge >= 0.3 is 0 Å². The standard InChI is InChI=1S/C16H26N4OS/c1-11(2)7-15-17-18-16(22-15)19-5-6-20-13(8-19)9-21-10-14(20)12-3-4-12/h11-14H,3-10H2,1-2H3/t13-,14-/m1/s1. The van der Waals surface area contributed by atoms with E-state index in [-0.39, 0.29) is 0 Å². The van der Waals surface area contributed by atoms with Gasteiger partial charge in [0.25, 0.3) is 0 Å². The highest BCUT2D eigenvalue weighted by Crippen LogP contribution is 2.38. The first-order valence-corrected chi connectivity index (χ1v) is 9.43. The Morgan fingerprint density at radius 3 is 2.86 bits per heavy atom. The average Bonchev–Trinajstić information content (AvgIpc) is 3.25. The Hall–Kier alpha value is -0.720. The Morgan fingerprint density at radius 1 is 1.23 bits per heavy atom. The molecule has 3 heterocycles. The molecule has 0 amide bonds. The molecule has 0 radical (unpaired) electrons. The van der Waals surface area contributed by atoms with Crippen LogP contribution in [0, 0.1) is 11.8 Å². The molecular formula is C16H26N4OS. The molecule has 0 N–H and O–H groups in total. The van der Waals surface area contributed by atoms with E-state index in [9.17, 15) is 0 Å². The summed E-state index contributed by atoms with van der Waals surface area (Å²) >= 11 is 1.77. The lowest BCUT2D eigenvalue weighted by Gasteiger charge is -2.48. The Morgan fingerprint density at radius 2 is 2.09 bits per heavy atom. The second-order valence-corrected chi connectivity index (χ2v) is 8.40. The molecule has 3 aliphatic rings. The first-order chi connectivity index (χ1) is 10.7. The smallest absolute Gasteiger partial charge is 0.208 e. The molecule has 1 aromatic heterocycles. The molecule has 122 valence electrons. The zero-order chi connectivity index (χ0) is 15.1.